The Labute approximate surface area is 149 Å². The fraction of sp³-hybridized carbons (Fsp3) is 1.00. The van der Waals surface area contributed by atoms with Crippen LogP contribution in [0, 0.1) is 0 Å². The minimum Gasteiger partial charge on any atom is -0.304 e. The summed E-state index contributed by atoms with van der Waals surface area (Å²) >= 11 is 0. The third kappa shape index (κ3) is 4.16. The average molecular weight is 475 g/mol. The monoisotopic (exact) mass is 475 g/mol. The summed E-state index contributed by atoms with van der Waals surface area (Å²) in [6, 6.07) is 0. The van der Waals surface area contributed by atoms with Crippen LogP contribution in [0.4, 0.5) is 30.2 Å². The van der Waals surface area contributed by atoms with Crippen LogP contribution in [0.5, 0.6) is 0 Å². The van der Waals surface area contributed by atoms with E-state index in [1.54, 1.807) is 0 Å². The summed E-state index contributed by atoms with van der Waals surface area (Å²) in [5.41, 5.74) is 0. The molecule has 0 aromatic heterocycles. The lowest BCUT2D eigenvalue weighted by molar-refractivity contribution is -0.245. The van der Waals surface area contributed by atoms with E-state index in [1.165, 1.54) is 11.9 Å². The van der Waals surface area contributed by atoms with Crippen LogP contribution in [0.1, 0.15) is 0 Å². The lowest BCUT2D eigenvalue weighted by Gasteiger charge is -2.37. The topological polar surface area (TPSA) is 121 Å². The molecule has 0 aliphatic carbocycles. The highest BCUT2D eigenvalue weighted by molar-refractivity contribution is 8.03. The molecule has 0 bridgehead atoms. The number of piperazine rings is 1. The maximum absolute atomic E-state index is 13.9. The molecule has 1 N–H and O–H groups in total. The van der Waals surface area contributed by atoms with Gasteiger partial charge in [0, 0.05) is 26.2 Å². The summed E-state index contributed by atoms with van der Waals surface area (Å²) in [4.78, 5) is 1.40. The molecule has 0 aromatic carbocycles. The molecule has 162 valence electrons. The molecule has 1 saturated heterocycles. The van der Waals surface area contributed by atoms with E-state index in [1.807, 2.05) is 0 Å². The third-order valence-electron chi connectivity index (χ3n) is 3.40. The lowest BCUT2D eigenvalue weighted by atomic mass is 10.3. The number of alkyl halides is 6. The number of nitrogens with zero attached hydrogens (tertiary/aromatic N) is 2. The summed E-state index contributed by atoms with van der Waals surface area (Å²) < 4.78 is 160. The molecule has 0 atom stereocenters. The van der Waals surface area contributed by atoms with Gasteiger partial charge in [-0.1, -0.05) is 8.01 Å². The molecule has 9 nitrogen and oxygen atoms in total. The fourth-order valence-electron chi connectivity index (χ4n) is 1.87. The number of likely N-dealkylation sites (N-methyl/N-ethyl adjacent to an activating group) is 1. The van der Waals surface area contributed by atoms with Gasteiger partial charge in [0.1, 0.15) is 0 Å². The molecule has 0 amide bonds. The number of hydrogen-bond acceptors (Lipinski definition) is 7. The number of sulfonamides is 2. The summed E-state index contributed by atoms with van der Waals surface area (Å²) in [6.07, 6.45) is 0. The molecule has 0 radical (unpaired) electrons. The highest BCUT2D eigenvalue weighted by atomic mass is 32.3. The Kier molecular flexibility index (Phi) is 6.24. The standard InChI is InChI=1S/C8H12F7N3O6S3/c1-17-2-4-18(5-3-17)26(21,22)8(13,14)6(9,10)7(11,12)25(19,20)16-27(15,23)24/h16H,2-5H2,1H3. The van der Waals surface area contributed by atoms with Gasteiger partial charge in [-0.3, -0.25) is 0 Å². The van der Waals surface area contributed by atoms with Crippen molar-refractivity contribution in [3.63, 3.8) is 0 Å². The van der Waals surface area contributed by atoms with Crippen molar-refractivity contribution < 1.29 is 55.5 Å². The molecule has 0 aromatic rings. The summed E-state index contributed by atoms with van der Waals surface area (Å²) in [7, 11) is -19.0. The van der Waals surface area contributed by atoms with Crippen LogP contribution in [0.15, 0.2) is 0 Å². The van der Waals surface area contributed by atoms with E-state index in [4.69, 9.17) is 0 Å². The second-order valence-electron chi connectivity index (χ2n) is 5.34. The first kappa shape index (κ1) is 24.3. The Morgan fingerprint density at radius 1 is 0.778 bits per heavy atom. The van der Waals surface area contributed by atoms with Crippen molar-refractivity contribution in [2.45, 2.75) is 16.4 Å². The van der Waals surface area contributed by atoms with Gasteiger partial charge in [0.05, 0.1) is 0 Å². The summed E-state index contributed by atoms with van der Waals surface area (Å²) in [5, 5.41) is -13.7. The van der Waals surface area contributed by atoms with Gasteiger partial charge in [0.15, 0.2) is 0 Å². The average Bonchev–Trinajstić information content (AvgIpc) is 2.44. The van der Waals surface area contributed by atoms with Gasteiger partial charge in [-0.2, -0.15) is 39.1 Å². The molecule has 0 spiro atoms. The first-order valence-electron chi connectivity index (χ1n) is 6.50. The number of nitrogens with one attached hydrogen (secondary N) is 1. The number of rotatable bonds is 7. The Balaban J connectivity index is 3.41. The van der Waals surface area contributed by atoms with E-state index < -0.39 is 64.1 Å². The van der Waals surface area contributed by atoms with Gasteiger partial charge in [0.2, 0.25) is 0 Å². The van der Waals surface area contributed by atoms with Crippen LogP contribution in [-0.2, 0) is 30.5 Å². The second-order valence-corrected chi connectivity index (χ2v) is 10.4. The Hall–Kier alpha value is -0.760. The quantitative estimate of drug-likeness (QED) is 0.390. The first-order chi connectivity index (χ1) is 11.7. The third-order valence-corrected chi connectivity index (χ3v) is 7.96. The Morgan fingerprint density at radius 2 is 1.19 bits per heavy atom. The normalized spacial score (nSPS) is 20.0. The van der Waals surface area contributed by atoms with Crippen LogP contribution < -0.4 is 4.13 Å². The van der Waals surface area contributed by atoms with Crippen molar-refractivity contribution in [2.75, 3.05) is 33.2 Å². The second kappa shape index (κ2) is 6.94. The van der Waals surface area contributed by atoms with Gasteiger partial charge in [-0.15, -0.1) is 0 Å². The van der Waals surface area contributed by atoms with Crippen LogP contribution in [0.25, 0.3) is 0 Å². The van der Waals surface area contributed by atoms with Crippen LogP contribution in [0.3, 0.4) is 0 Å². The van der Waals surface area contributed by atoms with E-state index >= 15 is 0 Å². The van der Waals surface area contributed by atoms with Gasteiger partial charge in [-0.05, 0) is 7.05 Å². The zero-order chi connectivity index (χ0) is 21.7. The fourth-order valence-corrected chi connectivity index (χ4v) is 5.29. The van der Waals surface area contributed by atoms with Crippen molar-refractivity contribution in [3.05, 3.63) is 0 Å². The van der Waals surface area contributed by atoms with Crippen molar-refractivity contribution in [1.29, 1.82) is 0 Å². The van der Waals surface area contributed by atoms with E-state index in [0.29, 0.717) is 0 Å². The van der Waals surface area contributed by atoms with Gasteiger partial charge >= 0.3 is 26.8 Å². The lowest BCUT2D eigenvalue weighted by Crippen LogP contribution is -2.65. The number of hydrogen-bond donors (Lipinski definition) is 1. The van der Waals surface area contributed by atoms with Gasteiger partial charge in [0.25, 0.3) is 20.0 Å². The van der Waals surface area contributed by atoms with E-state index in [2.05, 4.69) is 0 Å². The van der Waals surface area contributed by atoms with E-state index in [-0.39, 0.29) is 17.4 Å². The molecule has 1 fully saturated rings. The molecule has 19 heteroatoms. The molecule has 1 aliphatic heterocycles. The summed E-state index contributed by atoms with van der Waals surface area (Å²) in [6.45, 7) is -2.03. The summed E-state index contributed by atoms with van der Waals surface area (Å²) in [5.74, 6) is -7.17. The van der Waals surface area contributed by atoms with Crippen molar-refractivity contribution in [2.24, 2.45) is 0 Å². The predicted octanol–water partition coefficient (Wildman–Crippen LogP) is -0.482. The Morgan fingerprint density at radius 3 is 1.56 bits per heavy atom. The molecule has 0 saturated carbocycles. The van der Waals surface area contributed by atoms with Crippen molar-refractivity contribution in [1.82, 2.24) is 13.3 Å². The SMILES string of the molecule is CN1CCN(S(=O)(=O)C(F)(F)C(F)(F)C(F)(F)S(=O)(=O)NS(=O)(=O)F)CC1. The minimum atomic E-state index is -7.33. The maximum Gasteiger partial charge on any atom is 0.429 e. The molecular formula is C8H12F7N3O6S3. The molecule has 27 heavy (non-hydrogen) atoms. The maximum atomic E-state index is 13.9. The zero-order valence-corrected chi connectivity index (χ0v) is 15.5. The minimum absolute atomic E-state index is 0.225. The molecule has 1 heterocycles. The van der Waals surface area contributed by atoms with Crippen molar-refractivity contribution in [3.8, 4) is 0 Å². The molecule has 0 unspecified atom stereocenters. The van der Waals surface area contributed by atoms with Gasteiger partial charge < -0.3 is 4.90 Å². The Bertz CT molecular complexity index is 881. The smallest absolute Gasteiger partial charge is 0.304 e. The largest absolute Gasteiger partial charge is 0.429 e. The number of halogens is 7. The zero-order valence-electron chi connectivity index (χ0n) is 13.0. The highest BCUT2D eigenvalue weighted by Crippen LogP contribution is 2.51. The molecule has 1 aliphatic rings. The molecular weight excluding hydrogens is 463 g/mol. The van der Waals surface area contributed by atoms with Crippen LogP contribution in [-0.4, -0.2) is 84.1 Å². The first-order valence-corrected chi connectivity index (χ1v) is 10.8. The van der Waals surface area contributed by atoms with E-state index in [9.17, 15) is 55.5 Å². The van der Waals surface area contributed by atoms with Gasteiger partial charge in [-0.25, -0.2) is 16.8 Å². The highest BCUT2D eigenvalue weighted by Gasteiger charge is 2.83. The van der Waals surface area contributed by atoms with Crippen LogP contribution in [0.2, 0.25) is 0 Å². The van der Waals surface area contributed by atoms with Crippen molar-refractivity contribution >= 4 is 30.5 Å². The molecule has 1 rings (SSSR count). The van der Waals surface area contributed by atoms with Crippen LogP contribution >= 0.6 is 0 Å². The predicted molar refractivity (Wildman–Crippen MR) is 74.9 cm³/mol. The van der Waals surface area contributed by atoms with E-state index in [0.717, 1.165) is 0 Å².